The molecule has 3 rings (SSSR count). The van der Waals surface area contributed by atoms with E-state index < -0.39 is 0 Å². The van der Waals surface area contributed by atoms with E-state index in [4.69, 9.17) is 11.6 Å². The summed E-state index contributed by atoms with van der Waals surface area (Å²) in [6.07, 6.45) is 4.98. The number of benzene rings is 1. The smallest absolute Gasteiger partial charge is 0.270 e. The van der Waals surface area contributed by atoms with Gasteiger partial charge in [0.25, 0.3) is 5.91 Å². The third kappa shape index (κ3) is 4.33. The minimum absolute atomic E-state index is 0.233. The number of pyridine rings is 2. The van der Waals surface area contributed by atoms with Gasteiger partial charge in [-0.25, -0.2) is 0 Å². The molecule has 2 N–H and O–H groups in total. The molecule has 2 aromatic heterocycles. The first-order valence-corrected chi connectivity index (χ1v) is 8.16. The molecule has 2 heterocycles. The van der Waals surface area contributed by atoms with Gasteiger partial charge in [-0.1, -0.05) is 17.7 Å². The molecule has 3 aromatic rings. The second-order valence-corrected chi connectivity index (χ2v) is 5.91. The number of rotatable bonds is 5. The van der Waals surface area contributed by atoms with Crippen molar-refractivity contribution in [3.63, 3.8) is 0 Å². The molecule has 0 fully saturated rings. The highest BCUT2D eigenvalue weighted by Gasteiger charge is 2.09. The zero-order valence-electron chi connectivity index (χ0n) is 13.7. The highest BCUT2D eigenvalue weighted by molar-refractivity contribution is 6.31. The number of amides is 1. The van der Waals surface area contributed by atoms with Gasteiger partial charge in [-0.15, -0.1) is 0 Å². The van der Waals surface area contributed by atoms with Gasteiger partial charge in [-0.3, -0.25) is 14.8 Å². The number of carbonyl (C=O) groups excluding carboxylic acids is 1. The van der Waals surface area contributed by atoms with Crippen LogP contribution in [0, 0.1) is 6.92 Å². The lowest BCUT2D eigenvalue weighted by Gasteiger charge is -2.11. The summed E-state index contributed by atoms with van der Waals surface area (Å²) in [6, 6.07) is 12.9. The Morgan fingerprint density at radius 3 is 2.72 bits per heavy atom. The van der Waals surface area contributed by atoms with Crippen LogP contribution in [-0.4, -0.2) is 15.9 Å². The summed E-state index contributed by atoms with van der Waals surface area (Å²) in [6.45, 7) is 2.36. The van der Waals surface area contributed by atoms with E-state index in [0.717, 1.165) is 22.5 Å². The molecule has 0 aliphatic heterocycles. The van der Waals surface area contributed by atoms with Crippen molar-refractivity contribution in [2.75, 3.05) is 5.32 Å². The van der Waals surface area contributed by atoms with Crippen molar-refractivity contribution in [1.82, 2.24) is 15.3 Å². The van der Waals surface area contributed by atoms with E-state index in [9.17, 15) is 4.79 Å². The fraction of sp³-hybridized carbons (Fsp3) is 0.105. The molecular weight excluding hydrogens is 336 g/mol. The molecule has 6 heteroatoms. The molecule has 0 aliphatic carbocycles. The Hall–Kier alpha value is -2.92. The van der Waals surface area contributed by atoms with Crippen molar-refractivity contribution in [3.8, 4) is 0 Å². The predicted molar refractivity (Wildman–Crippen MR) is 99.1 cm³/mol. The van der Waals surface area contributed by atoms with Crippen molar-refractivity contribution < 1.29 is 4.79 Å². The molecule has 0 atom stereocenters. The topological polar surface area (TPSA) is 66.9 Å². The van der Waals surface area contributed by atoms with Gasteiger partial charge in [-0.2, -0.15) is 0 Å². The van der Waals surface area contributed by atoms with E-state index in [1.165, 1.54) is 0 Å². The van der Waals surface area contributed by atoms with Crippen LogP contribution in [0.2, 0.25) is 5.02 Å². The lowest BCUT2D eigenvalue weighted by molar-refractivity contribution is 0.0946. The summed E-state index contributed by atoms with van der Waals surface area (Å²) in [5.74, 6) is -0.233. The van der Waals surface area contributed by atoms with E-state index in [1.54, 1.807) is 30.7 Å². The maximum atomic E-state index is 12.3. The molecule has 0 radical (unpaired) electrons. The fourth-order valence-corrected chi connectivity index (χ4v) is 2.48. The number of aromatic nitrogens is 2. The number of nitrogens with one attached hydrogen (secondary N) is 2. The molecule has 0 bridgehead atoms. The van der Waals surface area contributed by atoms with Gasteiger partial charge >= 0.3 is 0 Å². The standard InChI is InChI=1S/C19H17ClN4O/c1-13-16(20)3-2-4-17(13)24-15-7-10-22-18(11-15)19(25)23-12-14-5-8-21-9-6-14/h2-11H,12H2,1H3,(H,22,24)(H,23,25). The number of hydrogen-bond donors (Lipinski definition) is 2. The molecular formula is C19H17ClN4O. The van der Waals surface area contributed by atoms with Crippen LogP contribution in [0.3, 0.4) is 0 Å². The minimum atomic E-state index is -0.233. The van der Waals surface area contributed by atoms with Crippen molar-refractivity contribution in [1.29, 1.82) is 0 Å². The predicted octanol–water partition coefficient (Wildman–Crippen LogP) is 4.11. The Kier molecular flexibility index (Phi) is 5.26. The number of nitrogens with zero attached hydrogens (tertiary/aromatic N) is 2. The number of hydrogen-bond acceptors (Lipinski definition) is 4. The van der Waals surface area contributed by atoms with E-state index in [0.29, 0.717) is 17.3 Å². The molecule has 0 spiro atoms. The number of halogens is 1. The van der Waals surface area contributed by atoms with Crippen LogP contribution in [0.1, 0.15) is 21.6 Å². The Balaban J connectivity index is 1.70. The fourth-order valence-electron chi connectivity index (χ4n) is 2.30. The zero-order valence-corrected chi connectivity index (χ0v) is 14.4. The number of anilines is 2. The molecule has 25 heavy (non-hydrogen) atoms. The Morgan fingerprint density at radius 1 is 1.12 bits per heavy atom. The van der Waals surface area contributed by atoms with Gasteiger partial charge in [0, 0.05) is 41.5 Å². The maximum absolute atomic E-state index is 12.3. The van der Waals surface area contributed by atoms with E-state index in [1.807, 2.05) is 37.3 Å². The summed E-state index contributed by atoms with van der Waals surface area (Å²) in [5.41, 5.74) is 3.94. The third-order valence-corrected chi connectivity index (χ3v) is 4.15. The molecule has 0 unspecified atom stereocenters. The van der Waals surface area contributed by atoms with Crippen molar-refractivity contribution in [2.24, 2.45) is 0 Å². The first-order valence-electron chi connectivity index (χ1n) is 7.79. The summed E-state index contributed by atoms with van der Waals surface area (Å²) >= 11 is 6.14. The Bertz CT molecular complexity index is 884. The normalized spacial score (nSPS) is 10.3. The van der Waals surface area contributed by atoms with Gasteiger partial charge < -0.3 is 10.6 Å². The summed E-state index contributed by atoms with van der Waals surface area (Å²) in [7, 11) is 0. The molecule has 0 saturated carbocycles. The monoisotopic (exact) mass is 352 g/mol. The van der Waals surface area contributed by atoms with Crippen LogP contribution in [-0.2, 0) is 6.54 Å². The van der Waals surface area contributed by atoms with Crippen LogP contribution in [0.4, 0.5) is 11.4 Å². The Labute approximate surface area is 151 Å². The molecule has 1 amide bonds. The highest BCUT2D eigenvalue weighted by atomic mass is 35.5. The molecule has 1 aromatic carbocycles. The van der Waals surface area contributed by atoms with Gasteiger partial charge in [0.05, 0.1) is 0 Å². The van der Waals surface area contributed by atoms with Crippen molar-refractivity contribution in [2.45, 2.75) is 13.5 Å². The van der Waals surface area contributed by atoms with E-state index in [2.05, 4.69) is 20.6 Å². The summed E-state index contributed by atoms with van der Waals surface area (Å²) in [5, 5.41) is 6.81. The summed E-state index contributed by atoms with van der Waals surface area (Å²) < 4.78 is 0. The van der Waals surface area contributed by atoms with Gasteiger partial charge in [-0.05, 0) is 54.4 Å². The van der Waals surface area contributed by atoms with Crippen LogP contribution in [0.5, 0.6) is 0 Å². The molecule has 0 saturated heterocycles. The molecule has 0 aliphatic rings. The molecule has 5 nitrogen and oxygen atoms in total. The third-order valence-electron chi connectivity index (χ3n) is 3.74. The lowest BCUT2D eigenvalue weighted by Crippen LogP contribution is -2.23. The first-order chi connectivity index (χ1) is 12.1. The molecule has 126 valence electrons. The maximum Gasteiger partial charge on any atom is 0.270 e. The summed E-state index contributed by atoms with van der Waals surface area (Å²) in [4.78, 5) is 20.4. The van der Waals surface area contributed by atoms with Gasteiger partial charge in [0.15, 0.2) is 0 Å². The SMILES string of the molecule is Cc1c(Cl)cccc1Nc1ccnc(C(=O)NCc2ccncc2)c1. The largest absolute Gasteiger partial charge is 0.355 e. The van der Waals surface area contributed by atoms with Crippen LogP contribution in [0.15, 0.2) is 61.1 Å². The van der Waals surface area contributed by atoms with Crippen LogP contribution >= 0.6 is 11.6 Å². The lowest BCUT2D eigenvalue weighted by atomic mass is 10.2. The van der Waals surface area contributed by atoms with Crippen LogP contribution < -0.4 is 10.6 Å². The quantitative estimate of drug-likeness (QED) is 0.725. The average molecular weight is 353 g/mol. The van der Waals surface area contributed by atoms with Gasteiger partial charge in [0.1, 0.15) is 5.69 Å². The van der Waals surface area contributed by atoms with E-state index >= 15 is 0 Å². The zero-order chi connectivity index (χ0) is 17.6. The van der Waals surface area contributed by atoms with Crippen molar-refractivity contribution in [3.05, 3.63) is 82.9 Å². The van der Waals surface area contributed by atoms with E-state index in [-0.39, 0.29) is 5.91 Å². The van der Waals surface area contributed by atoms with Crippen molar-refractivity contribution >= 4 is 28.9 Å². The second kappa shape index (κ2) is 7.77. The second-order valence-electron chi connectivity index (χ2n) is 5.51. The number of carbonyl (C=O) groups is 1. The van der Waals surface area contributed by atoms with Crippen LogP contribution in [0.25, 0.3) is 0 Å². The Morgan fingerprint density at radius 2 is 1.92 bits per heavy atom. The minimum Gasteiger partial charge on any atom is -0.355 e. The highest BCUT2D eigenvalue weighted by Crippen LogP contribution is 2.26. The first kappa shape index (κ1) is 16.9. The average Bonchev–Trinajstić information content (AvgIpc) is 2.64. The van der Waals surface area contributed by atoms with Gasteiger partial charge in [0.2, 0.25) is 0 Å².